The number of piperazine rings is 1. The fourth-order valence-electron chi connectivity index (χ4n) is 3.32. The van der Waals surface area contributed by atoms with Crippen molar-refractivity contribution >= 4 is 11.7 Å². The molecule has 2 aromatic heterocycles. The van der Waals surface area contributed by atoms with Gasteiger partial charge < -0.3 is 19.3 Å². The average molecular weight is 405 g/mol. The van der Waals surface area contributed by atoms with E-state index in [2.05, 4.69) is 20.1 Å². The van der Waals surface area contributed by atoms with Crippen LogP contribution in [0.25, 0.3) is 11.3 Å². The molecule has 1 saturated heterocycles. The number of carbonyl (C=O) groups is 1. The van der Waals surface area contributed by atoms with Crippen LogP contribution in [0.15, 0.2) is 60.9 Å². The molecule has 3 heterocycles. The summed E-state index contributed by atoms with van der Waals surface area (Å²) in [6.45, 7) is 2.60. The third-order valence-electron chi connectivity index (χ3n) is 4.98. The second-order valence-electron chi connectivity index (χ2n) is 6.83. The molecule has 8 heteroatoms. The number of methoxy groups -OCH3 is 1. The summed E-state index contributed by atoms with van der Waals surface area (Å²) < 4.78 is 10.9. The summed E-state index contributed by atoms with van der Waals surface area (Å²) in [5, 5.41) is 8.66. The van der Waals surface area contributed by atoms with E-state index in [-0.39, 0.29) is 12.5 Å². The summed E-state index contributed by atoms with van der Waals surface area (Å²) in [7, 11) is 1.58. The van der Waals surface area contributed by atoms with Crippen LogP contribution in [0.4, 0.5) is 5.82 Å². The number of pyridine rings is 1. The highest BCUT2D eigenvalue weighted by Gasteiger charge is 2.22. The fourth-order valence-corrected chi connectivity index (χ4v) is 3.32. The van der Waals surface area contributed by atoms with Crippen molar-refractivity contribution in [3.8, 4) is 22.8 Å². The first-order chi connectivity index (χ1) is 14.7. The average Bonchev–Trinajstić information content (AvgIpc) is 2.83. The van der Waals surface area contributed by atoms with Gasteiger partial charge in [-0.05, 0) is 36.4 Å². The number of amides is 1. The Labute approximate surface area is 175 Å². The first-order valence-corrected chi connectivity index (χ1v) is 9.77. The lowest BCUT2D eigenvalue weighted by Crippen LogP contribution is -2.50. The standard InChI is InChI=1S/C22H23N5O3/c1-29-19-6-2-3-7-20(19)30-16-22(28)27-13-11-26(12-14-27)21-9-8-18(24-25-21)17-5-4-10-23-15-17/h2-10,15H,11-14,16H2,1H3. The summed E-state index contributed by atoms with van der Waals surface area (Å²) in [4.78, 5) is 20.6. The van der Waals surface area contributed by atoms with E-state index in [0.717, 1.165) is 17.1 Å². The second kappa shape index (κ2) is 9.21. The Kier molecular flexibility index (Phi) is 6.03. The summed E-state index contributed by atoms with van der Waals surface area (Å²) in [6, 6.07) is 15.0. The van der Waals surface area contributed by atoms with Crippen LogP contribution < -0.4 is 14.4 Å². The number of hydrogen-bond donors (Lipinski definition) is 0. The van der Waals surface area contributed by atoms with Crippen LogP contribution in [0, 0.1) is 0 Å². The van der Waals surface area contributed by atoms with Crippen LogP contribution in [0.2, 0.25) is 0 Å². The van der Waals surface area contributed by atoms with E-state index in [9.17, 15) is 4.79 Å². The van der Waals surface area contributed by atoms with E-state index in [1.165, 1.54) is 0 Å². The number of ether oxygens (including phenoxy) is 2. The number of anilines is 1. The van der Waals surface area contributed by atoms with Crippen LogP contribution in [-0.4, -0.2) is 65.9 Å². The molecule has 1 aromatic carbocycles. The lowest BCUT2D eigenvalue weighted by Gasteiger charge is -2.35. The molecule has 0 radical (unpaired) electrons. The quantitative estimate of drug-likeness (QED) is 0.622. The molecule has 1 fully saturated rings. The van der Waals surface area contributed by atoms with E-state index in [1.807, 2.05) is 41.3 Å². The number of rotatable bonds is 6. The smallest absolute Gasteiger partial charge is 0.260 e. The maximum absolute atomic E-state index is 12.5. The lowest BCUT2D eigenvalue weighted by atomic mass is 10.2. The van der Waals surface area contributed by atoms with E-state index in [1.54, 1.807) is 31.6 Å². The molecule has 8 nitrogen and oxygen atoms in total. The third kappa shape index (κ3) is 4.48. The van der Waals surface area contributed by atoms with Crippen LogP contribution in [0.1, 0.15) is 0 Å². The summed E-state index contributed by atoms with van der Waals surface area (Å²) in [5.41, 5.74) is 1.72. The number of aromatic nitrogens is 3. The van der Waals surface area contributed by atoms with Crippen molar-refractivity contribution in [2.75, 3.05) is 44.8 Å². The Balaban J connectivity index is 1.30. The van der Waals surface area contributed by atoms with E-state index in [4.69, 9.17) is 9.47 Å². The molecular formula is C22H23N5O3. The molecule has 3 aromatic rings. The van der Waals surface area contributed by atoms with Gasteiger partial charge in [-0.25, -0.2) is 0 Å². The van der Waals surface area contributed by atoms with Gasteiger partial charge in [0.2, 0.25) is 0 Å². The van der Waals surface area contributed by atoms with Gasteiger partial charge in [-0.1, -0.05) is 12.1 Å². The van der Waals surface area contributed by atoms with Crippen molar-refractivity contribution in [3.63, 3.8) is 0 Å². The number of carbonyl (C=O) groups excluding carboxylic acids is 1. The molecule has 0 bridgehead atoms. The number of nitrogens with zero attached hydrogens (tertiary/aromatic N) is 5. The molecule has 0 unspecified atom stereocenters. The minimum absolute atomic E-state index is 0.0139. The maximum atomic E-state index is 12.5. The lowest BCUT2D eigenvalue weighted by molar-refractivity contribution is -0.133. The first-order valence-electron chi connectivity index (χ1n) is 9.77. The second-order valence-corrected chi connectivity index (χ2v) is 6.83. The van der Waals surface area contributed by atoms with Gasteiger partial charge in [-0.15, -0.1) is 10.2 Å². The van der Waals surface area contributed by atoms with E-state index >= 15 is 0 Å². The highest BCUT2D eigenvalue weighted by Crippen LogP contribution is 2.25. The minimum atomic E-state index is -0.0430. The van der Waals surface area contributed by atoms with E-state index in [0.29, 0.717) is 37.7 Å². The van der Waals surface area contributed by atoms with Crippen LogP contribution >= 0.6 is 0 Å². The topological polar surface area (TPSA) is 80.7 Å². The van der Waals surface area contributed by atoms with Gasteiger partial charge in [0.25, 0.3) is 5.91 Å². The van der Waals surface area contributed by atoms with Crippen LogP contribution in [-0.2, 0) is 4.79 Å². The predicted octanol–water partition coefficient (Wildman–Crippen LogP) is 2.27. The molecule has 30 heavy (non-hydrogen) atoms. The Morgan fingerprint density at radius 1 is 0.967 bits per heavy atom. The van der Waals surface area contributed by atoms with Crippen LogP contribution in [0.3, 0.4) is 0 Å². The van der Waals surface area contributed by atoms with Gasteiger partial charge in [0.15, 0.2) is 23.9 Å². The van der Waals surface area contributed by atoms with Gasteiger partial charge in [-0.2, -0.15) is 0 Å². The molecule has 0 N–H and O–H groups in total. The van der Waals surface area contributed by atoms with Gasteiger partial charge in [0.05, 0.1) is 12.8 Å². The molecule has 1 aliphatic rings. The normalized spacial score (nSPS) is 13.8. The van der Waals surface area contributed by atoms with Crippen LogP contribution in [0.5, 0.6) is 11.5 Å². The van der Waals surface area contributed by atoms with Crippen molar-refractivity contribution in [1.29, 1.82) is 0 Å². The fraction of sp³-hybridized carbons (Fsp3) is 0.273. The Bertz CT molecular complexity index is 974. The third-order valence-corrected chi connectivity index (χ3v) is 4.98. The highest BCUT2D eigenvalue weighted by atomic mass is 16.5. The molecule has 4 rings (SSSR count). The number of benzene rings is 1. The summed E-state index contributed by atoms with van der Waals surface area (Å²) in [5.74, 6) is 1.94. The Morgan fingerprint density at radius 3 is 2.43 bits per heavy atom. The highest BCUT2D eigenvalue weighted by molar-refractivity contribution is 5.78. The monoisotopic (exact) mass is 405 g/mol. The first kappa shape index (κ1) is 19.6. The zero-order chi connectivity index (χ0) is 20.8. The zero-order valence-electron chi connectivity index (χ0n) is 16.8. The molecule has 1 amide bonds. The zero-order valence-corrected chi connectivity index (χ0v) is 16.8. The SMILES string of the molecule is COc1ccccc1OCC(=O)N1CCN(c2ccc(-c3cccnc3)nn2)CC1. The molecule has 1 aliphatic heterocycles. The molecule has 0 spiro atoms. The van der Waals surface area contributed by atoms with Crippen molar-refractivity contribution in [2.24, 2.45) is 0 Å². The van der Waals surface area contributed by atoms with Gasteiger partial charge in [0.1, 0.15) is 0 Å². The maximum Gasteiger partial charge on any atom is 0.260 e. The molecule has 0 aliphatic carbocycles. The Morgan fingerprint density at radius 2 is 1.77 bits per heavy atom. The Hall–Kier alpha value is -3.68. The van der Waals surface area contributed by atoms with Crippen molar-refractivity contribution < 1.29 is 14.3 Å². The van der Waals surface area contributed by atoms with Gasteiger partial charge >= 0.3 is 0 Å². The largest absolute Gasteiger partial charge is 0.493 e. The number of hydrogen-bond acceptors (Lipinski definition) is 7. The van der Waals surface area contributed by atoms with Gasteiger partial charge in [0, 0.05) is 44.1 Å². The molecular weight excluding hydrogens is 382 g/mol. The minimum Gasteiger partial charge on any atom is -0.493 e. The van der Waals surface area contributed by atoms with Crippen molar-refractivity contribution in [1.82, 2.24) is 20.1 Å². The summed E-state index contributed by atoms with van der Waals surface area (Å²) in [6.07, 6.45) is 3.49. The predicted molar refractivity (Wildman–Crippen MR) is 113 cm³/mol. The molecule has 0 saturated carbocycles. The van der Waals surface area contributed by atoms with E-state index < -0.39 is 0 Å². The van der Waals surface area contributed by atoms with Crippen molar-refractivity contribution in [3.05, 3.63) is 60.9 Å². The molecule has 0 atom stereocenters. The number of para-hydroxylation sites is 2. The summed E-state index contributed by atoms with van der Waals surface area (Å²) >= 11 is 0. The van der Waals surface area contributed by atoms with Crippen molar-refractivity contribution in [2.45, 2.75) is 0 Å². The molecule has 154 valence electrons. The van der Waals surface area contributed by atoms with Gasteiger partial charge in [-0.3, -0.25) is 9.78 Å².